The van der Waals surface area contributed by atoms with Gasteiger partial charge in [-0.15, -0.1) is 0 Å². The highest BCUT2D eigenvalue weighted by Gasteiger charge is 2.14. The lowest BCUT2D eigenvalue weighted by Gasteiger charge is -2.14. The number of nitrogens with one attached hydrogen (secondary N) is 1. The number of amides is 1. The Morgan fingerprint density at radius 1 is 0.913 bits per heavy atom. The predicted molar refractivity (Wildman–Crippen MR) is 88.1 cm³/mol. The first-order valence-electron chi connectivity index (χ1n) is 7.27. The van der Waals surface area contributed by atoms with Crippen LogP contribution in [-0.4, -0.2) is 27.2 Å². The summed E-state index contributed by atoms with van der Waals surface area (Å²) in [6.07, 6.45) is 0.240. The van der Waals surface area contributed by atoms with E-state index < -0.39 is 0 Å². The molecule has 122 valence electrons. The minimum atomic E-state index is -0.0665. The van der Waals surface area contributed by atoms with Crippen molar-refractivity contribution in [2.75, 3.05) is 21.3 Å². The van der Waals surface area contributed by atoms with Gasteiger partial charge in [0.15, 0.2) is 11.5 Å². The van der Waals surface area contributed by atoms with Gasteiger partial charge in [0.1, 0.15) is 0 Å². The second-order valence-electron chi connectivity index (χ2n) is 4.97. The molecule has 0 heterocycles. The van der Waals surface area contributed by atoms with Gasteiger partial charge in [-0.2, -0.15) is 0 Å². The number of rotatable bonds is 7. The van der Waals surface area contributed by atoms with Crippen LogP contribution in [0.15, 0.2) is 42.5 Å². The molecule has 2 aromatic rings. The Morgan fingerprint density at radius 3 is 2.04 bits per heavy atom. The van der Waals surface area contributed by atoms with Gasteiger partial charge in [-0.25, -0.2) is 0 Å². The van der Waals surface area contributed by atoms with Crippen molar-refractivity contribution in [3.63, 3.8) is 0 Å². The second-order valence-corrected chi connectivity index (χ2v) is 4.97. The molecule has 2 aromatic carbocycles. The largest absolute Gasteiger partial charge is 0.493 e. The van der Waals surface area contributed by atoms with Crippen LogP contribution < -0.4 is 19.5 Å². The Labute approximate surface area is 136 Å². The molecule has 0 saturated heterocycles. The highest BCUT2D eigenvalue weighted by atomic mass is 16.5. The summed E-state index contributed by atoms with van der Waals surface area (Å²) >= 11 is 0. The molecule has 0 bridgehead atoms. The monoisotopic (exact) mass is 315 g/mol. The molecule has 5 nitrogen and oxygen atoms in total. The molecule has 0 saturated carbocycles. The molecule has 0 spiro atoms. The molecule has 0 fully saturated rings. The number of ether oxygens (including phenoxy) is 3. The van der Waals surface area contributed by atoms with Gasteiger partial charge in [-0.1, -0.05) is 30.3 Å². The molecule has 0 aliphatic heterocycles. The third-order valence-electron chi connectivity index (χ3n) is 3.42. The first-order valence-corrected chi connectivity index (χ1v) is 7.27. The van der Waals surface area contributed by atoms with Crippen molar-refractivity contribution in [3.8, 4) is 17.2 Å². The minimum absolute atomic E-state index is 0.0665. The lowest BCUT2D eigenvalue weighted by Crippen LogP contribution is -2.24. The van der Waals surface area contributed by atoms with Crippen molar-refractivity contribution in [1.29, 1.82) is 0 Å². The summed E-state index contributed by atoms with van der Waals surface area (Å²) in [5.74, 6) is 1.53. The predicted octanol–water partition coefficient (Wildman–Crippen LogP) is 2.57. The van der Waals surface area contributed by atoms with Gasteiger partial charge in [-0.05, 0) is 23.3 Å². The first kappa shape index (κ1) is 16.7. The Morgan fingerprint density at radius 2 is 1.52 bits per heavy atom. The van der Waals surface area contributed by atoms with E-state index in [-0.39, 0.29) is 12.3 Å². The fourth-order valence-corrected chi connectivity index (χ4v) is 2.28. The summed E-state index contributed by atoms with van der Waals surface area (Å²) in [6, 6.07) is 13.3. The summed E-state index contributed by atoms with van der Waals surface area (Å²) in [7, 11) is 4.65. The van der Waals surface area contributed by atoms with Crippen LogP contribution in [0.2, 0.25) is 0 Å². The smallest absolute Gasteiger partial charge is 0.224 e. The van der Waals surface area contributed by atoms with Gasteiger partial charge in [0.25, 0.3) is 0 Å². The van der Waals surface area contributed by atoms with Crippen molar-refractivity contribution < 1.29 is 19.0 Å². The summed E-state index contributed by atoms with van der Waals surface area (Å²) in [6.45, 7) is 0.504. The zero-order valence-electron chi connectivity index (χ0n) is 13.6. The third-order valence-corrected chi connectivity index (χ3v) is 3.42. The van der Waals surface area contributed by atoms with Crippen molar-refractivity contribution in [3.05, 3.63) is 53.6 Å². The molecule has 0 aromatic heterocycles. The number of benzene rings is 2. The van der Waals surface area contributed by atoms with E-state index in [1.807, 2.05) is 30.3 Å². The van der Waals surface area contributed by atoms with E-state index in [2.05, 4.69) is 5.32 Å². The van der Waals surface area contributed by atoms with E-state index in [4.69, 9.17) is 14.2 Å². The lowest BCUT2D eigenvalue weighted by atomic mass is 10.1. The van der Waals surface area contributed by atoms with E-state index in [1.54, 1.807) is 33.5 Å². The molecule has 5 heteroatoms. The molecule has 0 aliphatic carbocycles. The molecular weight excluding hydrogens is 294 g/mol. The Balaban J connectivity index is 2.05. The van der Waals surface area contributed by atoms with Gasteiger partial charge < -0.3 is 19.5 Å². The second kappa shape index (κ2) is 8.08. The lowest BCUT2D eigenvalue weighted by molar-refractivity contribution is -0.120. The SMILES string of the molecule is COc1cc(CC(=O)NCc2ccccc2)cc(OC)c1OC. The average Bonchev–Trinajstić information content (AvgIpc) is 2.59. The maximum atomic E-state index is 12.1. The topological polar surface area (TPSA) is 56.8 Å². The van der Waals surface area contributed by atoms with Crippen molar-refractivity contribution in [2.45, 2.75) is 13.0 Å². The first-order chi connectivity index (χ1) is 11.2. The normalized spacial score (nSPS) is 10.0. The van der Waals surface area contributed by atoms with Gasteiger partial charge in [0, 0.05) is 6.54 Å². The quantitative estimate of drug-likeness (QED) is 0.853. The van der Waals surface area contributed by atoms with Gasteiger partial charge >= 0.3 is 0 Å². The van der Waals surface area contributed by atoms with Crippen LogP contribution in [0.4, 0.5) is 0 Å². The van der Waals surface area contributed by atoms with Crippen LogP contribution in [0.3, 0.4) is 0 Å². The van der Waals surface area contributed by atoms with E-state index in [0.29, 0.717) is 23.8 Å². The zero-order chi connectivity index (χ0) is 16.7. The Kier molecular flexibility index (Phi) is 5.86. The van der Waals surface area contributed by atoms with Crippen LogP contribution in [0.5, 0.6) is 17.2 Å². The minimum Gasteiger partial charge on any atom is -0.493 e. The van der Waals surface area contributed by atoms with Crippen LogP contribution in [0.25, 0.3) is 0 Å². The van der Waals surface area contributed by atoms with E-state index in [0.717, 1.165) is 11.1 Å². The fraction of sp³-hybridized carbons (Fsp3) is 0.278. The Bertz CT molecular complexity index is 630. The molecule has 2 rings (SSSR count). The molecule has 0 unspecified atom stereocenters. The van der Waals surface area contributed by atoms with Crippen molar-refractivity contribution >= 4 is 5.91 Å². The molecular formula is C18H21NO4. The van der Waals surface area contributed by atoms with Crippen LogP contribution >= 0.6 is 0 Å². The van der Waals surface area contributed by atoms with Crippen molar-refractivity contribution in [1.82, 2.24) is 5.32 Å². The van der Waals surface area contributed by atoms with Gasteiger partial charge in [-0.3, -0.25) is 4.79 Å². The molecule has 1 N–H and O–H groups in total. The number of methoxy groups -OCH3 is 3. The zero-order valence-corrected chi connectivity index (χ0v) is 13.6. The van der Waals surface area contributed by atoms with Gasteiger partial charge in [0.05, 0.1) is 27.8 Å². The summed E-state index contributed by atoms with van der Waals surface area (Å²) in [5.41, 5.74) is 1.86. The average molecular weight is 315 g/mol. The summed E-state index contributed by atoms with van der Waals surface area (Å²) in [5, 5.41) is 2.90. The van der Waals surface area contributed by atoms with E-state index in [1.165, 1.54) is 0 Å². The maximum absolute atomic E-state index is 12.1. The number of carbonyl (C=O) groups is 1. The highest BCUT2D eigenvalue weighted by Crippen LogP contribution is 2.38. The summed E-state index contributed by atoms with van der Waals surface area (Å²) in [4.78, 5) is 12.1. The molecule has 0 aliphatic rings. The molecule has 0 atom stereocenters. The van der Waals surface area contributed by atoms with Crippen LogP contribution in [0.1, 0.15) is 11.1 Å². The number of carbonyl (C=O) groups excluding carboxylic acids is 1. The van der Waals surface area contributed by atoms with Crippen molar-refractivity contribution in [2.24, 2.45) is 0 Å². The molecule has 23 heavy (non-hydrogen) atoms. The van der Waals surface area contributed by atoms with E-state index >= 15 is 0 Å². The molecule has 0 radical (unpaired) electrons. The van der Waals surface area contributed by atoms with Crippen LogP contribution in [0, 0.1) is 0 Å². The third kappa shape index (κ3) is 4.39. The van der Waals surface area contributed by atoms with Crippen LogP contribution in [-0.2, 0) is 17.8 Å². The fourth-order valence-electron chi connectivity index (χ4n) is 2.28. The highest BCUT2D eigenvalue weighted by molar-refractivity contribution is 5.79. The van der Waals surface area contributed by atoms with E-state index in [9.17, 15) is 4.79 Å². The summed E-state index contributed by atoms with van der Waals surface area (Å²) < 4.78 is 15.9. The Hall–Kier alpha value is -2.69. The standard InChI is InChI=1S/C18H21NO4/c1-21-15-9-14(10-16(22-2)18(15)23-3)11-17(20)19-12-13-7-5-4-6-8-13/h4-10H,11-12H2,1-3H3,(H,19,20). The molecule has 1 amide bonds. The van der Waals surface area contributed by atoms with Gasteiger partial charge in [0.2, 0.25) is 11.7 Å². The number of hydrogen-bond acceptors (Lipinski definition) is 4. The maximum Gasteiger partial charge on any atom is 0.224 e. The number of hydrogen-bond donors (Lipinski definition) is 1.